The Balaban J connectivity index is 1.53. The topological polar surface area (TPSA) is 85.5 Å². The van der Waals surface area contributed by atoms with Gasteiger partial charge in [0.05, 0.1) is 18.8 Å². The first-order chi connectivity index (χ1) is 13.0. The van der Waals surface area contributed by atoms with E-state index in [-0.39, 0.29) is 23.5 Å². The fourth-order valence-corrected chi connectivity index (χ4v) is 3.89. The minimum absolute atomic E-state index is 0.00876. The van der Waals surface area contributed by atoms with E-state index in [2.05, 4.69) is 16.3 Å². The van der Waals surface area contributed by atoms with Crippen molar-refractivity contribution in [1.82, 2.24) is 15.1 Å². The molecule has 0 N–H and O–H groups in total. The van der Waals surface area contributed by atoms with Gasteiger partial charge < -0.3 is 14.1 Å². The lowest BCUT2D eigenvalue weighted by Crippen LogP contribution is -2.41. The number of piperidine rings is 1. The molecular weight excluding hydrogens is 366 g/mol. The van der Waals surface area contributed by atoms with Crippen LogP contribution in [0.15, 0.2) is 27.8 Å². The maximum atomic E-state index is 12.4. The van der Waals surface area contributed by atoms with Crippen molar-refractivity contribution in [2.45, 2.75) is 31.9 Å². The van der Waals surface area contributed by atoms with Crippen molar-refractivity contribution in [2.24, 2.45) is 5.92 Å². The molecule has 0 spiro atoms. The van der Waals surface area contributed by atoms with Crippen molar-refractivity contribution in [3.63, 3.8) is 0 Å². The molecule has 0 atom stereocenters. The summed E-state index contributed by atoms with van der Waals surface area (Å²) in [6.45, 7) is 5.17. The minimum Gasteiger partial charge on any atom is -0.469 e. The zero-order valence-corrected chi connectivity index (χ0v) is 16.5. The molecule has 1 aliphatic rings. The summed E-state index contributed by atoms with van der Waals surface area (Å²) in [5.41, 5.74) is 3.13. The molecule has 1 aliphatic heterocycles. The second-order valence-corrected chi connectivity index (χ2v) is 7.64. The van der Waals surface area contributed by atoms with Crippen LogP contribution in [0.25, 0.3) is 11.5 Å². The molecule has 1 saturated heterocycles. The normalized spacial score (nSPS) is 15.0. The number of ether oxygens (including phenoxy) is 1. The van der Waals surface area contributed by atoms with E-state index in [1.54, 1.807) is 4.90 Å². The largest absolute Gasteiger partial charge is 0.469 e. The summed E-state index contributed by atoms with van der Waals surface area (Å²) in [7, 11) is 1.40. The van der Waals surface area contributed by atoms with Gasteiger partial charge in [-0.05, 0) is 38.8 Å². The average molecular weight is 389 g/mol. The molecule has 8 heteroatoms. The Morgan fingerprint density at radius 3 is 2.48 bits per heavy atom. The number of likely N-dealkylation sites (tertiary alicyclic amines) is 1. The Kier molecular flexibility index (Phi) is 6.15. The van der Waals surface area contributed by atoms with E-state index in [1.807, 2.05) is 26.0 Å². The molecule has 1 fully saturated rings. The van der Waals surface area contributed by atoms with Gasteiger partial charge in [0.15, 0.2) is 0 Å². The minimum atomic E-state index is -0.193. The third kappa shape index (κ3) is 4.88. The first kappa shape index (κ1) is 19.4. The van der Waals surface area contributed by atoms with E-state index < -0.39 is 0 Å². The van der Waals surface area contributed by atoms with Crippen LogP contribution in [0.5, 0.6) is 0 Å². The van der Waals surface area contributed by atoms with Crippen molar-refractivity contribution in [2.75, 3.05) is 26.0 Å². The molecule has 144 valence electrons. The highest BCUT2D eigenvalue weighted by molar-refractivity contribution is 7.99. The Morgan fingerprint density at radius 1 is 1.19 bits per heavy atom. The summed E-state index contributed by atoms with van der Waals surface area (Å²) in [6, 6.07) is 6.06. The van der Waals surface area contributed by atoms with Crippen molar-refractivity contribution in [3.05, 3.63) is 29.3 Å². The molecule has 0 bridgehead atoms. The highest BCUT2D eigenvalue weighted by Gasteiger charge is 2.28. The van der Waals surface area contributed by atoms with Crippen LogP contribution in [0.1, 0.15) is 24.0 Å². The summed E-state index contributed by atoms with van der Waals surface area (Å²) >= 11 is 1.23. The molecule has 0 unspecified atom stereocenters. The van der Waals surface area contributed by atoms with Crippen LogP contribution in [0, 0.1) is 19.8 Å². The Hall–Kier alpha value is -2.35. The summed E-state index contributed by atoms with van der Waals surface area (Å²) in [5.74, 6) is 0.395. The first-order valence-electron chi connectivity index (χ1n) is 8.87. The second-order valence-electron chi connectivity index (χ2n) is 6.72. The first-order valence-corrected chi connectivity index (χ1v) is 9.85. The van der Waals surface area contributed by atoms with Crippen molar-refractivity contribution in [3.8, 4) is 11.5 Å². The number of amides is 1. The molecule has 0 saturated carbocycles. The number of carbonyl (C=O) groups is 2. The standard InChI is InChI=1S/C19H23N3O4S/c1-12-8-13(2)10-15(9-12)17-20-21-19(26-17)27-11-16(23)22-6-4-14(5-7-22)18(24)25-3/h8-10,14H,4-7,11H2,1-3H3. The Morgan fingerprint density at radius 2 is 1.85 bits per heavy atom. The molecule has 3 rings (SSSR count). The molecule has 1 amide bonds. The zero-order chi connectivity index (χ0) is 19.4. The van der Waals surface area contributed by atoms with Gasteiger partial charge >= 0.3 is 5.97 Å². The van der Waals surface area contributed by atoms with E-state index in [1.165, 1.54) is 18.9 Å². The van der Waals surface area contributed by atoms with Gasteiger partial charge in [0.2, 0.25) is 11.8 Å². The van der Waals surface area contributed by atoms with Crippen LogP contribution in [0.3, 0.4) is 0 Å². The zero-order valence-electron chi connectivity index (χ0n) is 15.7. The fourth-order valence-electron chi connectivity index (χ4n) is 3.23. The number of hydrogen-bond acceptors (Lipinski definition) is 7. The van der Waals surface area contributed by atoms with Gasteiger partial charge in [0.1, 0.15) is 0 Å². The summed E-state index contributed by atoms with van der Waals surface area (Å²) < 4.78 is 10.5. The molecule has 1 aromatic heterocycles. The molecule has 2 heterocycles. The summed E-state index contributed by atoms with van der Waals surface area (Å²) in [5, 5.41) is 8.49. The number of nitrogens with zero attached hydrogens (tertiary/aromatic N) is 3. The van der Waals surface area contributed by atoms with Crippen LogP contribution in [-0.2, 0) is 14.3 Å². The Labute approximate surface area is 162 Å². The number of esters is 1. The highest BCUT2D eigenvalue weighted by Crippen LogP contribution is 2.26. The van der Waals surface area contributed by atoms with Gasteiger partial charge in [-0.3, -0.25) is 9.59 Å². The molecule has 27 heavy (non-hydrogen) atoms. The van der Waals surface area contributed by atoms with Gasteiger partial charge in [-0.15, -0.1) is 10.2 Å². The fraction of sp³-hybridized carbons (Fsp3) is 0.474. The summed E-state index contributed by atoms with van der Waals surface area (Å²) in [6.07, 6.45) is 1.28. The van der Waals surface area contributed by atoms with Gasteiger partial charge in [-0.25, -0.2) is 0 Å². The lowest BCUT2D eigenvalue weighted by atomic mass is 9.97. The third-order valence-corrected chi connectivity index (χ3v) is 5.38. The van der Waals surface area contributed by atoms with E-state index in [0.29, 0.717) is 37.0 Å². The summed E-state index contributed by atoms with van der Waals surface area (Å²) in [4.78, 5) is 25.7. The molecule has 7 nitrogen and oxygen atoms in total. The van der Waals surface area contributed by atoms with Crippen LogP contribution in [-0.4, -0.2) is 52.9 Å². The predicted octanol–water partition coefficient (Wildman–Crippen LogP) is 2.86. The predicted molar refractivity (Wildman–Crippen MR) is 101 cm³/mol. The van der Waals surface area contributed by atoms with Gasteiger partial charge in [-0.2, -0.15) is 0 Å². The maximum absolute atomic E-state index is 12.4. The van der Waals surface area contributed by atoms with Crippen molar-refractivity contribution in [1.29, 1.82) is 0 Å². The molecule has 2 aromatic rings. The average Bonchev–Trinajstić information content (AvgIpc) is 3.14. The monoisotopic (exact) mass is 389 g/mol. The molecule has 1 aromatic carbocycles. The highest BCUT2D eigenvalue weighted by atomic mass is 32.2. The van der Waals surface area contributed by atoms with E-state index in [4.69, 9.17) is 9.15 Å². The smallest absolute Gasteiger partial charge is 0.308 e. The Bertz CT molecular complexity index is 808. The molecule has 0 aliphatic carbocycles. The number of carbonyl (C=O) groups excluding carboxylic acids is 2. The van der Waals surface area contributed by atoms with Gasteiger partial charge in [0, 0.05) is 18.7 Å². The number of aryl methyl sites for hydroxylation is 2. The molecule has 0 radical (unpaired) electrons. The van der Waals surface area contributed by atoms with Gasteiger partial charge in [-0.1, -0.05) is 29.0 Å². The number of thioether (sulfide) groups is 1. The number of hydrogen-bond donors (Lipinski definition) is 0. The second kappa shape index (κ2) is 8.56. The van der Waals surface area contributed by atoms with Crippen LogP contribution >= 0.6 is 11.8 Å². The van der Waals surface area contributed by atoms with Crippen molar-refractivity contribution >= 4 is 23.6 Å². The molecular formula is C19H23N3O4S. The quantitative estimate of drug-likeness (QED) is 0.574. The van der Waals surface area contributed by atoms with E-state index >= 15 is 0 Å². The van der Waals surface area contributed by atoms with E-state index in [9.17, 15) is 9.59 Å². The van der Waals surface area contributed by atoms with Crippen LogP contribution in [0.2, 0.25) is 0 Å². The lowest BCUT2D eigenvalue weighted by molar-refractivity contribution is -0.148. The number of rotatable bonds is 5. The number of benzene rings is 1. The third-order valence-electron chi connectivity index (χ3n) is 4.58. The van der Waals surface area contributed by atoms with Crippen LogP contribution < -0.4 is 0 Å². The number of methoxy groups -OCH3 is 1. The lowest BCUT2D eigenvalue weighted by Gasteiger charge is -2.30. The number of aromatic nitrogens is 2. The van der Waals surface area contributed by atoms with Gasteiger partial charge in [0.25, 0.3) is 5.22 Å². The van der Waals surface area contributed by atoms with E-state index in [0.717, 1.165) is 16.7 Å². The maximum Gasteiger partial charge on any atom is 0.308 e. The van der Waals surface area contributed by atoms with Crippen LogP contribution in [0.4, 0.5) is 0 Å². The van der Waals surface area contributed by atoms with Crippen molar-refractivity contribution < 1.29 is 18.7 Å². The SMILES string of the molecule is COC(=O)C1CCN(C(=O)CSc2nnc(-c3cc(C)cc(C)c3)o2)CC1.